The Morgan fingerprint density at radius 3 is 2.83 bits per heavy atom. The first-order chi connectivity index (χ1) is 17.1. The topological polar surface area (TPSA) is 130 Å². The summed E-state index contributed by atoms with van der Waals surface area (Å²) in [6.07, 6.45) is 4.80. The molecule has 180 valence electrons. The summed E-state index contributed by atoms with van der Waals surface area (Å²) in [7, 11) is 0. The van der Waals surface area contributed by atoms with Gasteiger partial charge < -0.3 is 29.3 Å². The standard InChI is InChI=1S/C24H26N8O3/c1-3-32-11-18-21(30-32)22(26-14(2)19-12-35-13-25-19)20(24(33)29-18)23-27-16-5-4-15(10-17(16)28-23)31-6-8-34-9-7-31/h4-5,10-14,26H,3,6-9H2,1-2H3,(H,27,28)(H,29,33)/t14-/m1/s1. The number of ether oxygens (including phenoxy) is 1. The van der Waals surface area contributed by atoms with Crippen molar-refractivity contribution in [3.05, 3.63) is 53.1 Å². The van der Waals surface area contributed by atoms with Crippen LogP contribution in [0.1, 0.15) is 25.6 Å². The lowest BCUT2D eigenvalue weighted by atomic mass is 10.1. The molecule has 1 aliphatic heterocycles. The molecule has 3 N–H and O–H groups in total. The van der Waals surface area contributed by atoms with Gasteiger partial charge in [-0.1, -0.05) is 0 Å². The van der Waals surface area contributed by atoms with Gasteiger partial charge in [0.1, 0.15) is 28.9 Å². The Hall–Kier alpha value is -4.12. The number of aromatic amines is 2. The van der Waals surface area contributed by atoms with Gasteiger partial charge in [0.15, 0.2) is 6.39 Å². The Labute approximate surface area is 200 Å². The van der Waals surface area contributed by atoms with E-state index in [2.05, 4.69) is 37.3 Å². The zero-order valence-electron chi connectivity index (χ0n) is 19.5. The highest BCUT2D eigenvalue weighted by molar-refractivity contribution is 5.96. The molecule has 1 saturated heterocycles. The third kappa shape index (κ3) is 3.83. The van der Waals surface area contributed by atoms with E-state index < -0.39 is 0 Å². The molecule has 6 rings (SSSR count). The molecule has 1 aliphatic rings. The zero-order valence-corrected chi connectivity index (χ0v) is 19.5. The van der Waals surface area contributed by atoms with Gasteiger partial charge >= 0.3 is 0 Å². The van der Waals surface area contributed by atoms with Crippen LogP contribution < -0.4 is 15.8 Å². The highest BCUT2D eigenvalue weighted by Gasteiger charge is 2.23. The van der Waals surface area contributed by atoms with Gasteiger partial charge in [0, 0.05) is 31.5 Å². The number of imidazole rings is 1. The van der Waals surface area contributed by atoms with Crippen LogP contribution in [0.5, 0.6) is 0 Å². The molecular formula is C24H26N8O3. The average molecular weight is 475 g/mol. The Balaban J connectivity index is 1.48. The molecule has 0 unspecified atom stereocenters. The van der Waals surface area contributed by atoms with Crippen LogP contribution >= 0.6 is 0 Å². The number of hydrogen-bond acceptors (Lipinski definition) is 8. The smallest absolute Gasteiger partial charge is 0.261 e. The Morgan fingerprint density at radius 2 is 2.06 bits per heavy atom. The third-order valence-corrected chi connectivity index (χ3v) is 6.38. The van der Waals surface area contributed by atoms with Crippen molar-refractivity contribution in [1.29, 1.82) is 0 Å². The molecule has 0 aliphatic carbocycles. The van der Waals surface area contributed by atoms with E-state index in [1.165, 1.54) is 6.39 Å². The van der Waals surface area contributed by atoms with Crippen LogP contribution in [0.2, 0.25) is 0 Å². The Kier molecular flexibility index (Phi) is 5.25. The molecule has 1 fully saturated rings. The number of oxazole rings is 1. The molecule has 1 aromatic carbocycles. The van der Waals surface area contributed by atoms with Crippen LogP contribution in [0.4, 0.5) is 11.4 Å². The molecule has 1 atom stereocenters. The maximum Gasteiger partial charge on any atom is 0.261 e. The van der Waals surface area contributed by atoms with Gasteiger partial charge in [0.2, 0.25) is 0 Å². The summed E-state index contributed by atoms with van der Waals surface area (Å²) in [5.41, 5.74) is 5.52. The quantitative estimate of drug-likeness (QED) is 0.342. The fraction of sp³-hybridized carbons (Fsp3) is 0.333. The predicted molar refractivity (Wildman–Crippen MR) is 133 cm³/mol. The molecule has 11 nitrogen and oxygen atoms in total. The zero-order chi connectivity index (χ0) is 23.9. The average Bonchev–Trinajstić information content (AvgIpc) is 3.63. The van der Waals surface area contributed by atoms with Crippen LogP contribution in [0.3, 0.4) is 0 Å². The molecule has 35 heavy (non-hydrogen) atoms. The number of fused-ring (bicyclic) bond motifs is 2. The Morgan fingerprint density at radius 1 is 1.20 bits per heavy atom. The molecule has 0 saturated carbocycles. The first-order valence-corrected chi connectivity index (χ1v) is 11.7. The highest BCUT2D eigenvalue weighted by Crippen LogP contribution is 2.33. The van der Waals surface area contributed by atoms with Gasteiger partial charge in [-0.2, -0.15) is 5.10 Å². The number of aromatic nitrogens is 6. The maximum atomic E-state index is 13.4. The van der Waals surface area contributed by atoms with Gasteiger partial charge in [0.25, 0.3) is 5.56 Å². The summed E-state index contributed by atoms with van der Waals surface area (Å²) in [6.45, 7) is 7.75. The van der Waals surface area contributed by atoms with Crippen LogP contribution in [-0.4, -0.2) is 56.0 Å². The summed E-state index contributed by atoms with van der Waals surface area (Å²) in [6, 6.07) is 5.88. The lowest BCUT2D eigenvalue weighted by Gasteiger charge is -2.28. The van der Waals surface area contributed by atoms with Crippen molar-refractivity contribution in [3.63, 3.8) is 0 Å². The molecular weight excluding hydrogens is 448 g/mol. The van der Waals surface area contributed by atoms with Crippen molar-refractivity contribution in [1.82, 2.24) is 29.7 Å². The number of benzene rings is 1. The predicted octanol–water partition coefficient (Wildman–Crippen LogP) is 3.29. The van der Waals surface area contributed by atoms with Gasteiger partial charge in [-0.25, -0.2) is 9.97 Å². The first-order valence-electron chi connectivity index (χ1n) is 11.7. The van der Waals surface area contributed by atoms with E-state index in [0.717, 1.165) is 35.5 Å². The minimum Gasteiger partial charge on any atom is -0.451 e. The number of pyridine rings is 1. The van der Waals surface area contributed by atoms with Crippen LogP contribution in [0, 0.1) is 0 Å². The summed E-state index contributed by atoms with van der Waals surface area (Å²) in [5, 5.41) is 8.14. The fourth-order valence-electron chi connectivity index (χ4n) is 4.50. The van der Waals surface area contributed by atoms with Gasteiger partial charge in [-0.05, 0) is 32.0 Å². The summed E-state index contributed by atoms with van der Waals surface area (Å²) >= 11 is 0. The molecule has 5 aromatic rings. The summed E-state index contributed by atoms with van der Waals surface area (Å²) in [4.78, 5) is 31.0. The van der Waals surface area contributed by atoms with E-state index in [1.54, 1.807) is 10.9 Å². The SMILES string of the molecule is CCn1cc2[nH]c(=O)c(-c3nc4ccc(N5CCOCC5)cc4[nH]3)c(N[C@H](C)c3cocn3)c2n1. The van der Waals surface area contributed by atoms with Crippen LogP contribution in [0.25, 0.3) is 33.5 Å². The van der Waals surface area contributed by atoms with Crippen molar-refractivity contribution in [3.8, 4) is 11.4 Å². The number of rotatable bonds is 6. The van der Waals surface area contributed by atoms with Crippen LogP contribution in [-0.2, 0) is 11.3 Å². The van der Waals surface area contributed by atoms with Crippen molar-refractivity contribution < 1.29 is 9.15 Å². The molecule has 11 heteroatoms. The number of aryl methyl sites for hydroxylation is 1. The number of nitrogens with one attached hydrogen (secondary N) is 3. The van der Waals surface area contributed by atoms with E-state index in [0.29, 0.717) is 47.9 Å². The van der Waals surface area contributed by atoms with Gasteiger partial charge in [0.05, 0.1) is 41.5 Å². The first kappa shape index (κ1) is 21.4. The highest BCUT2D eigenvalue weighted by atomic mass is 16.5. The lowest BCUT2D eigenvalue weighted by molar-refractivity contribution is 0.122. The minimum atomic E-state index is -0.254. The van der Waals surface area contributed by atoms with E-state index in [4.69, 9.17) is 19.2 Å². The normalized spacial score (nSPS) is 15.2. The van der Waals surface area contributed by atoms with Crippen molar-refractivity contribution in [2.45, 2.75) is 26.4 Å². The molecule has 5 heterocycles. The number of H-pyrrole nitrogens is 2. The summed E-state index contributed by atoms with van der Waals surface area (Å²) in [5.74, 6) is 0.475. The number of morpholine rings is 1. The van der Waals surface area contributed by atoms with Gasteiger partial charge in [-0.15, -0.1) is 0 Å². The van der Waals surface area contributed by atoms with Crippen molar-refractivity contribution in [2.24, 2.45) is 0 Å². The number of hydrogen-bond donors (Lipinski definition) is 3. The molecule has 0 radical (unpaired) electrons. The molecule has 4 aromatic heterocycles. The third-order valence-electron chi connectivity index (χ3n) is 6.38. The van der Waals surface area contributed by atoms with Crippen molar-refractivity contribution >= 4 is 33.4 Å². The second-order valence-corrected chi connectivity index (χ2v) is 8.62. The number of anilines is 2. The van der Waals surface area contributed by atoms with E-state index in [-0.39, 0.29) is 11.6 Å². The van der Waals surface area contributed by atoms with Crippen LogP contribution in [0.15, 0.2) is 46.3 Å². The lowest BCUT2D eigenvalue weighted by Crippen LogP contribution is -2.36. The fourth-order valence-corrected chi connectivity index (χ4v) is 4.50. The van der Waals surface area contributed by atoms with E-state index >= 15 is 0 Å². The van der Waals surface area contributed by atoms with E-state index in [9.17, 15) is 4.79 Å². The minimum absolute atomic E-state index is 0.221. The van der Waals surface area contributed by atoms with E-state index in [1.807, 2.05) is 26.1 Å². The monoisotopic (exact) mass is 474 g/mol. The largest absolute Gasteiger partial charge is 0.451 e. The second kappa shape index (κ2) is 8.58. The molecule has 0 amide bonds. The maximum absolute atomic E-state index is 13.4. The summed E-state index contributed by atoms with van der Waals surface area (Å²) < 4.78 is 12.4. The van der Waals surface area contributed by atoms with Crippen molar-refractivity contribution in [2.75, 3.05) is 36.5 Å². The Bertz CT molecular complexity index is 1540. The molecule has 0 spiro atoms. The number of nitrogens with zero attached hydrogens (tertiary/aromatic N) is 5. The van der Waals surface area contributed by atoms with Gasteiger partial charge in [-0.3, -0.25) is 9.48 Å². The molecule has 0 bridgehead atoms. The second-order valence-electron chi connectivity index (χ2n) is 8.62.